The molecular formula is C8H15NO4. The fraction of sp³-hybridized carbons (Fsp3) is 0.750. The summed E-state index contributed by atoms with van der Waals surface area (Å²) in [6.07, 6.45) is -1.07. The number of nitrogens with one attached hydrogen (secondary N) is 1. The Bertz CT molecular complexity index is 282. The number of aliphatic carboxylic acids is 1. The van der Waals surface area contributed by atoms with E-state index < -0.39 is 30.6 Å². The molecule has 1 amide bonds. The van der Waals surface area contributed by atoms with Crippen LogP contribution >= 0.6 is 0 Å². The van der Waals surface area contributed by atoms with Gasteiger partial charge in [-0.1, -0.05) is 0 Å². The second kappa shape index (κ2) is 4.11. The van der Waals surface area contributed by atoms with Gasteiger partial charge in [-0.3, -0.25) is 4.79 Å². The molecule has 0 heterocycles. The number of carboxylic acid groups (broad SMARTS) is 1. The second-order valence-electron chi connectivity index (χ2n) is 3.42. The lowest BCUT2D eigenvalue weighted by Crippen LogP contribution is -2.41. The highest BCUT2D eigenvalue weighted by molar-refractivity contribution is 5.79. The maximum Gasteiger partial charge on any atom is 0.408 e. The fourth-order valence-corrected chi connectivity index (χ4v) is 0.487. The van der Waals surface area contributed by atoms with Gasteiger partial charge in [0.25, 0.3) is 0 Å². The normalized spacial score (nSPS) is 17.6. The van der Waals surface area contributed by atoms with E-state index in [1.807, 2.05) is 0 Å². The van der Waals surface area contributed by atoms with Gasteiger partial charge in [0.15, 0.2) is 0 Å². The quantitative estimate of drug-likeness (QED) is 0.684. The predicted molar refractivity (Wildman–Crippen MR) is 46.5 cm³/mol. The molecule has 0 aliphatic rings. The monoisotopic (exact) mass is 192 g/mol. The third-order valence-corrected chi connectivity index (χ3v) is 0.908. The summed E-state index contributed by atoms with van der Waals surface area (Å²) in [4.78, 5) is 21.8. The zero-order valence-electron chi connectivity index (χ0n) is 10.7. The van der Waals surface area contributed by atoms with E-state index in [4.69, 9.17) is 14.0 Å². The predicted octanol–water partition coefficient (Wildman–Crippen LogP) is 0.984. The van der Waals surface area contributed by atoms with Crippen LogP contribution in [0, 0.1) is 0 Å². The van der Waals surface area contributed by atoms with Crippen molar-refractivity contribution in [3.05, 3.63) is 0 Å². The summed E-state index contributed by atoms with van der Waals surface area (Å²) in [5, 5.41) is 10.4. The minimum Gasteiger partial charge on any atom is -0.480 e. The molecule has 0 aliphatic heterocycles. The molecule has 76 valence electrons. The number of alkyl carbamates (subject to hydrolysis) is 1. The van der Waals surface area contributed by atoms with E-state index in [2.05, 4.69) is 0 Å². The molecule has 0 aromatic heterocycles. The minimum atomic E-state index is -2.82. The number of carbonyl (C=O) groups is 2. The van der Waals surface area contributed by atoms with Crippen LogP contribution in [-0.2, 0) is 9.53 Å². The van der Waals surface area contributed by atoms with Crippen LogP contribution < -0.4 is 5.32 Å². The first-order valence-corrected chi connectivity index (χ1v) is 3.66. The van der Waals surface area contributed by atoms with Crippen molar-refractivity contribution in [3.8, 4) is 0 Å². The van der Waals surface area contributed by atoms with Crippen molar-refractivity contribution in [3.63, 3.8) is 0 Å². The summed E-state index contributed by atoms with van der Waals surface area (Å²) >= 11 is 0. The molecule has 0 saturated carbocycles. The molecule has 5 heteroatoms. The van der Waals surface area contributed by atoms with Gasteiger partial charge < -0.3 is 15.2 Å². The lowest BCUT2D eigenvalue weighted by molar-refractivity contribution is -0.139. The molecule has 0 rings (SSSR count). The number of ether oxygens (including phenoxy) is 1. The Kier molecular flexibility index (Phi) is 2.27. The molecule has 0 spiro atoms. The topological polar surface area (TPSA) is 75.6 Å². The van der Waals surface area contributed by atoms with Crippen LogP contribution in [0.25, 0.3) is 0 Å². The molecule has 2 N–H and O–H groups in total. The van der Waals surface area contributed by atoms with Crippen LogP contribution in [0.1, 0.15) is 31.7 Å². The van der Waals surface area contributed by atoms with Gasteiger partial charge in [-0.25, -0.2) is 4.79 Å². The Morgan fingerprint density at radius 1 is 1.54 bits per heavy atom. The first kappa shape index (κ1) is 7.17. The SMILES string of the molecule is [2H]C([2H])([2H])[C@@H](NC(=O)OC(C)(C)C)C(=O)O. The summed E-state index contributed by atoms with van der Waals surface area (Å²) in [6.45, 7) is 1.93. The first-order chi connectivity index (χ1) is 6.93. The minimum absolute atomic E-state index is 0.818. The summed E-state index contributed by atoms with van der Waals surface area (Å²) in [5.41, 5.74) is -0.818. The molecule has 13 heavy (non-hydrogen) atoms. The Hall–Kier alpha value is -1.26. The Labute approximate surface area is 81.3 Å². The highest BCUT2D eigenvalue weighted by Gasteiger charge is 2.20. The molecule has 0 saturated heterocycles. The standard InChI is InChI=1S/C8H15NO4/c1-5(6(10)11)9-7(12)13-8(2,3)4/h5H,1-4H3,(H,9,12)(H,10,11)/t5-/m1/s1/i1D3. The zero-order valence-corrected chi connectivity index (χ0v) is 7.75. The van der Waals surface area contributed by atoms with E-state index in [-0.39, 0.29) is 0 Å². The number of rotatable bonds is 2. The maximum absolute atomic E-state index is 11.2. The number of hydrogen-bond donors (Lipinski definition) is 2. The molecule has 0 aromatic rings. The molecule has 1 atom stereocenters. The Morgan fingerprint density at radius 3 is 2.38 bits per heavy atom. The number of hydrogen-bond acceptors (Lipinski definition) is 3. The molecule has 5 nitrogen and oxygen atoms in total. The van der Waals surface area contributed by atoms with Gasteiger partial charge in [0, 0.05) is 4.11 Å². The van der Waals surface area contributed by atoms with Crippen molar-refractivity contribution in [2.75, 3.05) is 0 Å². The van der Waals surface area contributed by atoms with Crippen molar-refractivity contribution in [2.24, 2.45) is 0 Å². The third-order valence-electron chi connectivity index (χ3n) is 0.908. The lowest BCUT2D eigenvalue weighted by Gasteiger charge is -2.20. The van der Waals surface area contributed by atoms with E-state index in [1.54, 1.807) is 26.1 Å². The van der Waals surface area contributed by atoms with Crippen LogP contribution in [0.2, 0.25) is 0 Å². The van der Waals surface area contributed by atoms with Crippen LogP contribution in [0.5, 0.6) is 0 Å². The summed E-state index contributed by atoms with van der Waals surface area (Å²) in [7, 11) is 0. The Morgan fingerprint density at radius 2 is 2.08 bits per heavy atom. The van der Waals surface area contributed by atoms with E-state index in [0.29, 0.717) is 0 Å². The molecule has 0 bridgehead atoms. The second-order valence-corrected chi connectivity index (χ2v) is 3.42. The summed E-state index contributed by atoms with van der Waals surface area (Å²) in [5.74, 6) is -1.63. The van der Waals surface area contributed by atoms with Crippen molar-refractivity contribution in [2.45, 2.75) is 39.3 Å². The van der Waals surface area contributed by atoms with Crippen LogP contribution in [0.3, 0.4) is 0 Å². The highest BCUT2D eigenvalue weighted by Crippen LogP contribution is 2.06. The zero-order chi connectivity index (χ0) is 13.1. The van der Waals surface area contributed by atoms with Crippen LogP contribution in [0.4, 0.5) is 4.79 Å². The van der Waals surface area contributed by atoms with Gasteiger partial charge in [0.05, 0.1) is 0 Å². The third kappa shape index (κ3) is 5.95. The van der Waals surface area contributed by atoms with Crippen molar-refractivity contribution >= 4 is 12.1 Å². The molecule has 0 aliphatic carbocycles. The largest absolute Gasteiger partial charge is 0.480 e. The van der Waals surface area contributed by atoms with E-state index in [9.17, 15) is 9.59 Å². The molecule has 0 aromatic carbocycles. The van der Waals surface area contributed by atoms with Crippen molar-refractivity contribution in [1.82, 2.24) is 5.32 Å². The smallest absolute Gasteiger partial charge is 0.408 e. The fourth-order valence-electron chi connectivity index (χ4n) is 0.487. The Balaban J connectivity index is 4.56. The van der Waals surface area contributed by atoms with Gasteiger partial charge >= 0.3 is 12.1 Å². The highest BCUT2D eigenvalue weighted by atomic mass is 16.6. The maximum atomic E-state index is 11.2. The first-order valence-electron chi connectivity index (χ1n) is 5.16. The summed E-state index contributed by atoms with van der Waals surface area (Å²) in [6, 6.07) is -1.97. The van der Waals surface area contributed by atoms with Gasteiger partial charge in [0.2, 0.25) is 0 Å². The van der Waals surface area contributed by atoms with Crippen molar-refractivity contribution in [1.29, 1.82) is 0 Å². The van der Waals surface area contributed by atoms with Gasteiger partial charge in [0.1, 0.15) is 11.6 Å². The number of amides is 1. The lowest BCUT2D eigenvalue weighted by atomic mass is 10.2. The van der Waals surface area contributed by atoms with Gasteiger partial charge in [-0.05, 0) is 27.6 Å². The van der Waals surface area contributed by atoms with Crippen LogP contribution in [0.15, 0.2) is 0 Å². The van der Waals surface area contributed by atoms with Gasteiger partial charge in [-0.15, -0.1) is 0 Å². The summed E-state index contributed by atoms with van der Waals surface area (Å²) < 4.78 is 25.5. The van der Waals surface area contributed by atoms with E-state index >= 15 is 0 Å². The average molecular weight is 192 g/mol. The van der Waals surface area contributed by atoms with Crippen molar-refractivity contribution < 1.29 is 23.5 Å². The molecule has 0 radical (unpaired) electrons. The number of carboxylic acids is 1. The average Bonchev–Trinajstić information content (AvgIpc) is 1.93. The van der Waals surface area contributed by atoms with E-state index in [1.165, 1.54) is 0 Å². The molecule has 0 fully saturated rings. The van der Waals surface area contributed by atoms with Gasteiger partial charge in [-0.2, -0.15) is 0 Å². The molecule has 0 unspecified atom stereocenters. The number of carbonyl (C=O) groups excluding carboxylic acids is 1. The molecular weight excluding hydrogens is 174 g/mol. The van der Waals surface area contributed by atoms with E-state index in [0.717, 1.165) is 0 Å². The van der Waals surface area contributed by atoms with Crippen LogP contribution in [-0.4, -0.2) is 28.8 Å².